The second-order valence-electron chi connectivity index (χ2n) is 10.1. The van der Waals surface area contributed by atoms with Gasteiger partial charge in [0.1, 0.15) is 24.3 Å². The highest BCUT2D eigenvalue weighted by Crippen LogP contribution is 2.21. The van der Waals surface area contributed by atoms with Crippen molar-refractivity contribution in [3.8, 4) is 0 Å². The fraction of sp³-hybridized carbons (Fsp3) is 0.577. The molecule has 0 aromatic heterocycles. The summed E-state index contributed by atoms with van der Waals surface area (Å²) in [5.74, 6) is -1.75. The molecular formula is C26H39N5O7. The van der Waals surface area contributed by atoms with E-state index in [1.165, 1.54) is 4.90 Å². The van der Waals surface area contributed by atoms with Gasteiger partial charge in [0, 0.05) is 13.1 Å². The van der Waals surface area contributed by atoms with Crippen molar-refractivity contribution >= 4 is 29.9 Å². The molecule has 1 aromatic carbocycles. The summed E-state index contributed by atoms with van der Waals surface area (Å²) in [7, 11) is 0. The number of benzene rings is 1. The molecule has 1 aliphatic heterocycles. The first-order valence-electron chi connectivity index (χ1n) is 12.8. The summed E-state index contributed by atoms with van der Waals surface area (Å²) in [6.45, 7) is 5.70. The lowest BCUT2D eigenvalue weighted by atomic mass is 10.1. The van der Waals surface area contributed by atoms with Crippen LogP contribution >= 0.6 is 0 Å². The molecule has 0 spiro atoms. The van der Waals surface area contributed by atoms with Gasteiger partial charge < -0.3 is 31.2 Å². The van der Waals surface area contributed by atoms with Crippen LogP contribution in [0, 0.1) is 0 Å². The molecule has 0 aliphatic carbocycles. The Morgan fingerprint density at radius 3 is 2.45 bits per heavy atom. The zero-order chi connectivity index (χ0) is 28.1. The Balaban J connectivity index is 1.85. The maximum absolute atomic E-state index is 13.0. The molecule has 2 unspecified atom stereocenters. The van der Waals surface area contributed by atoms with Crippen molar-refractivity contribution in [2.45, 2.75) is 77.2 Å². The summed E-state index contributed by atoms with van der Waals surface area (Å²) >= 11 is 0. The first-order chi connectivity index (χ1) is 18.0. The standard InChI is InChI=1S/C26H39N5O7/c1-26(2,3)38-25(36)31-15-9-13-20(31)23(34)30-19(22(33)29-16-21(27)32)12-7-8-14-28-24(35)37-17-18-10-5-4-6-11-18/h4-6,10-11,19-20H,7-9,12-17H2,1-3H3,(H2,27,32)(H,28,35)(H,29,33)(H,30,34). The Morgan fingerprint density at radius 2 is 1.79 bits per heavy atom. The number of alkyl carbamates (subject to hydrolysis) is 1. The van der Waals surface area contributed by atoms with E-state index in [-0.39, 0.29) is 19.6 Å². The number of amides is 5. The van der Waals surface area contributed by atoms with Crippen molar-refractivity contribution in [2.75, 3.05) is 19.6 Å². The minimum absolute atomic E-state index is 0.155. The number of primary amides is 1. The average Bonchev–Trinajstić information content (AvgIpc) is 3.35. The van der Waals surface area contributed by atoms with Crippen LogP contribution < -0.4 is 21.7 Å². The molecule has 2 atom stereocenters. The highest BCUT2D eigenvalue weighted by molar-refractivity contribution is 5.92. The molecule has 210 valence electrons. The number of ether oxygens (including phenoxy) is 2. The van der Waals surface area contributed by atoms with Gasteiger partial charge in [-0.15, -0.1) is 0 Å². The second-order valence-corrected chi connectivity index (χ2v) is 10.1. The van der Waals surface area contributed by atoms with E-state index in [2.05, 4.69) is 16.0 Å². The molecule has 38 heavy (non-hydrogen) atoms. The van der Waals surface area contributed by atoms with E-state index in [1.54, 1.807) is 20.8 Å². The third-order valence-electron chi connectivity index (χ3n) is 5.65. The molecule has 0 saturated carbocycles. The Bertz CT molecular complexity index is 964. The van der Waals surface area contributed by atoms with Crippen LogP contribution in [0.1, 0.15) is 58.4 Å². The third-order valence-corrected chi connectivity index (χ3v) is 5.65. The van der Waals surface area contributed by atoms with Crippen molar-refractivity contribution in [3.05, 3.63) is 35.9 Å². The number of rotatable bonds is 12. The van der Waals surface area contributed by atoms with Gasteiger partial charge in [-0.05, 0) is 58.4 Å². The minimum Gasteiger partial charge on any atom is -0.445 e. The molecule has 5 N–H and O–H groups in total. The van der Waals surface area contributed by atoms with Crippen molar-refractivity contribution in [1.82, 2.24) is 20.9 Å². The highest BCUT2D eigenvalue weighted by atomic mass is 16.6. The van der Waals surface area contributed by atoms with E-state index in [1.807, 2.05) is 30.3 Å². The smallest absolute Gasteiger partial charge is 0.410 e. The largest absolute Gasteiger partial charge is 0.445 e. The normalized spacial score (nSPS) is 15.8. The lowest BCUT2D eigenvalue weighted by Gasteiger charge is -2.29. The van der Waals surface area contributed by atoms with Crippen LogP contribution in [0.5, 0.6) is 0 Å². The van der Waals surface area contributed by atoms with E-state index in [0.717, 1.165) is 5.56 Å². The molecule has 5 amide bonds. The summed E-state index contributed by atoms with van der Waals surface area (Å²) < 4.78 is 10.6. The maximum Gasteiger partial charge on any atom is 0.410 e. The SMILES string of the molecule is CC(C)(C)OC(=O)N1CCCC1C(=O)NC(CCCCNC(=O)OCc1ccccc1)C(=O)NCC(N)=O. The van der Waals surface area contributed by atoms with Crippen LogP contribution in [0.4, 0.5) is 9.59 Å². The fourth-order valence-corrected chi connectivity index (χ4v) is 3.85. The third kappa shape index (κ3) is 11.1. The number of likely N-dealkylation sites (tertiary alicyclic amines) is 1. The van der Waals surface area contributed by atoms with Gasteiger partial charge in [-0.25, -0.2) is 9.59 Å². The van der Waals surface area contributed by atoms with E-state index in [0.29, 0.717) is 38.8 Å². The molecule has 0 bridgehead atoms. The fourth-order valence-electron chi connectivity index (χ4n) is 3.85. The molecule has 1 saturated heterocycles. The molecule has 1 aliphatic rings. The van der Waals surface area contributed by atoms with E-state index in [4.69, 9.17) is 15.2 Å². The van der Waals surface area contributed by atoms with Crippen LogP contribution in [-0.4, -0.2) is 72.1 Å². The Hall–Kier alpha value is -3.83. The minimum atomic E-state index is -0.951. The number of unbranched alkanes of at least 4 members (excludes halogenated alkanes) is 1. The zero-order valence-corrected chi connectivity index (χ0v) is 22.3. The number of hydrogen-bond acceptors (Lipinski definition) is 7. The molecule has 0 radical (unpaired) electrons. The van der Waals surface area contributed by atoms with Gasteiger partial charge in [0.15, 0.2) is 0 Å². The number of nitrogens with one attached hydrogen (secondary N) is 3. The maximum atomic E-state index is 13.0. The van der Waals surface area contributed by atoms with Gasteiger partial charge in [0.25, 0.3) is 0 Å². The van der Waals surface area contributed by atoms with Gasteiger partial charge in [-0.3, -0.25) is 19.3 Å². The van der Waals surface area contributed by atoms with Crippen molar-refractivity contribution in [2.24, 2.45) is 5.73 Å². The summed E-state index contributed by atoms with van der Waals surface area (Å²) in [5.41, 5.74) is 5.28. The van der Waals surface area contributed by atoms with Gasteiger partial charge in [0.2, 0.25) is 17.7 Å². The van der Waals surface area contributed by atoms with E-state index < -0.39 is 47.6 Å². The van der Waals surface area contributed by atoms with Gasteiger partial charge >= 0.3 is 12.2 Å². The quantitative estimate of drug-likeness (QED) is 0.296. The Morgan fingerprint density at radius 1 is 1.08 bits per heavy atom. The molecule has 1 fully saturated rings. The summed E-state index contributed by atoms with van der Waals surface area (Å²) in [6.07, 6.45) is 1.17. The Labute approximate surface area is 223 Å². The number of nitrogens with zero attached hydrogens (tertiary/aromatic N) is 1. The predicted molar refractivity (Wildman–Crippen MR) is 139 cm³/mol. The number of hydrogen-bond donors (Lipinski definition) is 4. The van der Waals surface area contributed by atoms with Crippen LogP contribution in [0.25, 0.3) is 0 Å². The molecular weight excluding hydrogens is 494 g/mol. The molecule has 12 heteroatoms. The predicted octanol–water partition coefficient (Wildman–Crippen LogP) is 1.57. The first kappa shape index (κ1) is 30.4. The van der Waals surface area contributed by atoms with E-state index in [9.17, 15) is 24.0 Å². The van der Waals surface area contributed by atoms with Gasteiger partial charge in [0.05, 0.1) is 6.54 Å². The van der Waals surface area contributed by atoms with Crippen LogP contribution in [0.2, 0.25) is 0 Å². The highest BCUT2D eigenvalue weighted by Gasteiger charge is 2.37. The summed E-state index contributed by atoms with van der Waals surface area (Å²) in [6, 6.07) is 7.57. The van der Waals surface area contributed by atoms with Crippen molar-refractivity contribution < 1.29 is 33.4 Å². The van der Waals surface area contributed by atoms with Gasteiger partial charge in [-0.2, -0.15) is 0 Å². The average molecular weight is 534 g/mol. The number of nitrogens with two attached hydrogens (primary N) is 1. The van der Waals surface area contributed by atoms with Gasteiger partial charge in [-0.1, -0.05) is 30.3 Å². The Kier molecular flexibility index (Phi) is 11.8. The monoisotopic (exact) mass is 533 g/mol. The number of carbonyl (C=O) groups is 5. The molecule has 12 nitrogen and oxygen atoms in total. The van der Waals surface area contributed by atoms with E-state index >= 15 is 0 Å². The van der Waals surface area contributed by atoms with Crippen molar-refractivity contribution in [3.63, 3.8) is 0 Å². The lowest BCUT2D eigenvalue weighted by Crippen LogP contribution is -2.54. The molecule has 1 aromatic rings. The first-order valence-corrected chi connectivity index (χ1v) is 12.8. The lowest BCUT2D eigenvalue weighted by molar-refractivity contribution is -0.132. The van der Waals surface area contributed by atoms with Crippen molar-refractivity contribution in [1.29, 1.82) is 0 Å². The topological polar surface area (TPSA) is 169 Å². The summed E-state index contributed by atoms with van der Waals surface area (Å²) in [5, 5.41) is 7.77. The van der Waals surface area contributed by atoms with Crippen LogP contribution in [0.3, 0.4) is 0 Å². The van der Waals surface area contributed by atoms with Crippen LogP contribution in [0.15, 0.2) is 30.3 Å². The number of carbonyl (C=O) groups excluding carboxylic acids is 5. The second kappa shape index (κ2) is 14.8. The zero-order valence-electron chi connectivity index (χ0n) is 22.3. The summed E-state index contributed by atoms with van der Waals surface area (Å²) in [4.78, 5) is 62.6. The van der Waals surface area contributed by atoms with Crippen LogP contribution in [-0.2, 0) is 30.5 Å². The molecule has 1 heterocycles. The molecule has 2 rings (SSSR count).